The van der Waals surface area contributed by atoms with Crippen molar-refractivity contribution in [3.63, 3.8) is 0 Å². The summed E-state index contributed by atoms with van der Waals surface area (Å²) in [6.45, 7) is 4.89. The van der Waals surface area contributed by atoms with E-state index in [1.54, 1.807) is 10.9 Å². The lowest BCUT2D eigenvalue weighted by molar-refractivity contribution is 0.0741. The van der Waals surface area contributed by atoms with E-state index in [0.29, 0.717) is 18.8 Å². The Kier molecular flexibility index (Phi) is 4.81. The molecule has 1 saturated heterocycles. The summed E-state index contributed by atoms with van der Waals surface area (Å²) < 4.78 is 1.64. The van der Waals surface area contributed by atoms with E-state index in [1.807, 2.05) is 60.4 Å². The standard InChI is InChI=1S/C20H20ClN5O/c1-15-2-6-18(7-3-15)26-14-19(22-23-26)20(27)25-12-10-24(11-13-25)17-8-4-16(21)5-9-17/h2-9,14H,10-13H2,1H3. The number of aryl methyl sites for hydroxylation is 1. The van der Waals surface area contributed by atoms with Crippen molar-refractivity contribution in [1.29, 1.82) is 0 Å². The number of carbonyl (C=O) groups excluding carboxylic acids is 1. The van der Waals surface area contributed by atoms with Crippen LogP contribution in [-0.4, -0.2) is 52.0 Å². The number of hydrogen-bond donors (Lipinski definition) is 0. The summed E-state index contributed by atoms with van der Waals surface area (Å²) in [6, 6.07) is 15.7. The van der Waals surface area contributed by atoms with E-state index in [-0.39, 0.29) is 5.91 Å². The number of piperazine rings is 1. The van der Waals surface area contributed by atoms with Crippen LogP contribution in [0.4, 0.5) is 5.69 Å². The minimum atomic E-state index is -0.0795. The molecule has 1 aromatic heterocycles. The zero-order valence-corrected chi connectivity index (χ0v) is 15.8. The number of benzene rings is 2. The van der Waals surface area contributed by atoms with E-state index in [0.717, 1.165) is 29.5 Å². The third-order valence-corrected chi connectivity index (χ3v) is 5.02. The summed E-state index contributed by atoms with van der Waals surface area (Å²) in [7, 11) is 0. The second-order valence-electron chi connectivity index (χ2n) is 6.64. The third-order valence-electron chi connectivity index (χ3n) is 4.77. The van der Waals surface area contributed by atoms with Crippen molar-refractivity contribution in [3.8, 4) is 5.69 Å². The van der Waals surface area contributed by atoms with Crippen molar-refractivity contribution >= 4 is 23.2 Å². The van der Waals surface area contributed by atoms with Crippen LogP contribution in [0.5, 0.6) is 0 Å². The molecule has 0 saturated carbocycles. The van der Waals surface area contributed by atoms with Crippen LogP contribution in [0.25, 0.3) is 5.69 Å². The van der Waals surface area contributed by atoms with Crippen LogP contribution >= 0.6 is 11.6 Å². The van der Waals surface area contributed by atoms with Crippen LogP contribution in [0.1, 0.15) is 16.1 Å². The molecule has 0 spiro atoms. The molecule has 1 aliphatic rings. The number of halogens is 1. The molecule has 1 amide bonds. The topological polar surface area (TPSA) is 54.3 Å². The van der Waals surface area contributed by atoms with Gasteiger partial charge in [-0.25, -0.2) is 4.68 Å². The monoisotopic (exact) mass is 381 g/mol. The zero-order chi connectivity index (χ0) is 18.8. The van der Waals surface area contributed by atoms with E-state index in [9.17, 15) is 4.79 Å². The van der Waals surface area contributed by atoms with Crippen LogP contribution in [-0.2, 0) is 0 Å². The number of aromatic nitrogens is 3. The van der Waals surface area contributed by atoms with E-state index >= 15 is 0 Å². The molecule has 0 bridgehead atoms. The number of anilines is 1. The van der Waals surface area contributed by atoms with E-state index in [2.05, 4.69) is 15.2 Å². The van der Waals surface area contributed by atoms with Crippen LogP contribution in [0.15, 0.2) is 54.7 Å². The van der Waals surface area contributed by atoms with Gasteiger partial charge < -0.3 is 9.80 Å². The number of carbonyl (C=O) groups is 1. The molecule has 0 aliphatic carbocycles. The Morgan fingerprint density at radius 2 is 1.56 bits per heavy atom. The van der Waals surface area contributed by atoms with Gasteiger partial charge in [-0.3, -0.25) is 4.79 Å². The van der Waals surface area contributed by atoms with Crippen molar-refractivity contribution in [3.05, 3.63) is 71.0 Å². The van der Waals surface area contributed by atoms with Crippen LogP contribution < -0.4 is 4.90 Å². The second-order valence-corrected chi connectivity index (χ2v) is 7.08. The first kappa shape index (κ1) is 17.5. The summed E-state index contributed by atoms with van der Waals surface area (Å²) in [4.78, 5) is 16.8. The highest BCUT2D eigenvalue weighted by Gasteiger charge is 2.24. The lowest BCUT2D eigenvalue weighted by Crippen LogP contribution is -2.48. The fourth-order valence-electron chi connectivity index (χ4n) is 3.17. The highest BCUT2D eigenvalue weighted by molar-refractivity contribution is 6.30. The Hall–Kier alpha value is -2.86. The van der Waals surface area contributed by atoms with Gasteiger partial charge in [0, 0.05) is 36.9 Å². The maximum Gasteiger partial charge on any atom is 0.276 e. The predicted octanol–water partition coefficient (Wildman–Crippen LogP) is 3.19. The van der Waals surface area contributed by atoms with Gasteiger partial charge in [-0.1, -0.05) is 34.5 Å². The average Bonchev–Trinajstić information content (AvgIpc) is 3.19. The quantitative estimate of drug-likeness (QED) is 0.699. The molecular formula is C20H20ClN5O. The van der Waals surface area contributed by atoms with Gasteiger partial charge >= 0.3 is 0 Å². The lowest BCUT2D eigenvalue weighted by atomic mass is 10.2. The van der Waals surface area contributed by atoms with Gasteiger partial charge in [0.25, 0.3) is 5.91 Å². The Morgan fingerprint density at radius 1 is 0.926 bits per heavy atom. The van der Waals surface area contributed by atoms with Gasteiger partial charge in [0.05, 0.1) is 11.9 Å². The summed E-state index contributed by atoms with van der Waals surface area (Å²) in [5.41, 5.74) is 3.56. The zero-order valence-electron chi connectivity index (χ0n) is 15.0. The molecule has 1 fully saturated rings. The predicted molar refractivity (Wildman–Crippen MR) is 106 cm³/mol. The van der Waals surface area contributed by atoms with E-state index in [1.165, 1.54) is 5.56 Å². The Morgan fingerprint density at radius 3 is 2.22 bits per heavy atom. The Balaban J connectivity index is 1.41. The SMILES string of the molecule is Cc1ccc(-n2cc(C(=O)N3CCN(c4ccc(Cl)cc4)CC3)nn2)cc1. The van der Waals surface area contributed by atoms with E-state index < -0.39 is 0 Å². The minimum Gasteiger partial charge on any atom is -0.368 e. The number of rotatable bonds is 3. The fraction of sp³-hybridized carbons (Fsp3) is 0.250. The first-order chi connectivity index (χ1) is 13.1. The second kappa shape index (κ2) is 7.40. The van der Waals surface area contributed by atoms with Gasteiger partial charge in [0.15, 0.2) is 5.69 Å². The number of amides is 1. The van der Waals surface area contributed by atoms with Gasteiger partial charge in [0.1, 0.15) is 0 Å². The minimum absolute atomic E-state index is 0.0795. The molecule has 138 valence electrons. The Labute approximate surface area is 163 Å². The molecule has 0 radical (unpaired) electrons. The normalized spacial score (nSPS) is 14.4. The molecule has 7 heteroatoms. The Bertz CT molecular complexity index is 928. The van der Waals surface area contributed by atoms with Crippen LogP contribution in [0.2, 0.25) is 5.02 Å². The highest BCUT2D eigenvalue weighted by Crippen LogP contribution is 2.20. The largest absolute Gasteiger partial charge is 0.368 e. The number of nitrogens with zero attached hydrogens (tertiary/aromatic N) is 5. The maximum atomic E-state index is 12.8. The summed E-state index contributed by atoms with van der Waals surface area (Å²) in [6.07, 6.45) is 1.69. The van der Waals surface area contributed by atoms with Crippen molar-refractivity contribution in [2.75, 3.05) is 31.1 Å². The average molecular weight is 382 g/mol. The maximum absolute atomic E-state index is 12.8. The van der Waals surface area contributed by atoms with Crippen molar-refractivity contribution in [1.82, 2.24) is 19.9 Å². The first-order valence-electron chi connectivity index (χ1n) is 8.89. The summed E-state index contributed by atoms with van der Waals surface area (Å²) in [5.74, 6) is -0.0795. The van der Waals surface area contributed by atoms with Crippen molar-refractivity contribution in [2.45, 2.75) is 6.92 Å². The van der Waals surface area contributed by atoms with Gasteiger partial charge in [-0.2, -0.15) is 0 Å². The lowest BCUT2D eigenvalue weighted by Gasteiger charge is -2.35. The molecule has 2 aromatic carbocycles. The molecule has 0 atom stereocenters. The van der Waals surface area contributed by atoms with Crippen LogP contribution in [0, 0.1) is 6.92 Å². The first-order valence-corrected chi connectivity index (χ1v) is 9.27. The smallest absolute Gasteiger partial charge is 0.276 e. The molecule has 1 aliphatic heterocycles. The van der Waals surface area contributed by atoms with Crippen molar-refractivity contribution < 1.29 is 4.79 Å². The molecule has 2 heterocycles. The third kappa shape index (κ3) is 3.80. The van der Waals surface area contributed by atoms with Gasteiger partial charge in [-0.05, 0) is 43.3 Å². The van der Waals surface area contributed by atoms with Crippen molar-refractivity contribution in [2.24, 2.45) is 0 Å². The molecule has 27 heavy (non-hydrogen) atoms. The van der Waals surface area contributed by atoms with Gasteiger partial charge in [-0.15, -0.1) is 5.10 Å². The highest BCUT2D eigenvalue weighted by atomic mass is 35.5. The van der Waals surface area contributed by atoms with Crippen LogP contribution in [0.3, 0.4) is 0 Å². The molecular weight excluding hydrogens is 362 g/mol. The molecule has 0 N–H and O–H groups in total. The molecule has 4 rings (SSSR count). The summed E-state index contributed by atoms with van der Waals surface area (Å²) >= 11 is 5.95. The molecule has 6 nitrogen and oxygen atoms in total. The van der Waals surface area contributed by atoms with E-state index in [4.69, 9.17) is 11.6 Å². The fourth-order valence-corrected chi connectivity index (χ4v) is 3.29. The van der Waals surface area contributed by atoms with Gasteiger partial charge in [0.2, 0.25) is 0 Å². The number of hydrogen-bond acceptors (Lipinski definition) is 4. The molecule has 3 aromatic rings. The summed E-state index contributed by atoms with van der Waals surface area (Å²) in [5, 5.41) is 8.90. The molecule has 0 unspecified atom stereocenters.